The number of benzene rings is 1. The number of hydrogen-bond donors (Lipinski definition) is 0. The molecule has 2 aromatic rings. The van der Waals surface area contributed by atoms with Gasteiger partial charge in [0.25, 0.3) is 11.8 Å². The van der Waals surface area contributed by atoms with E-state index in [1.807, 2.05) is 0 Å². The van der Waals surface area contributed by atoms with Crippen LogP contribution in [0.3, 0.4) is 0 Å². The number of carbonyl (C=O) groups is 3. The number of rotatable bonds is 5. The lowest BCUT2D eigenvalue weighted by Crippen LogP contribution is -2.37. The zero-order chi connectivity index (χ0) is 23.3. The molecule has 7 nitrogen and oxygen atoms in total. The minimum absolute atomic E-state index is 0.0399. The fourth-order valence-corrected chi connectivity index (χ4v) is 4.26. The molecule has 2 aliphatic rings. The second-order valence-corrected chi connectivity index (χ2v) is 8.95. The van der Waals surface area contributed by atoms with E-state index in [0.717, 1.165) is 4.90 Å². The fraction of sp³-hybridized carbons (Fsp3) is 0.333. The summed E-state index contributed by atoms with van der Waals surface area (Å²) in [6.07, 6.45) is 3.91. The molecular weight excluding hydrogens is 445 g/mol. The Hall–Kier alpha value is -3.08. The first kappa shape index (κ1) is 22.1. The zero-order valence-electron chi connectivity index (χ0n) is 17.2. The summed E-state index contributed by atoms with van der Waals surface area (Å²) >= 11 is -0.266. The van der Waals surface area contributed by atoms with Crippen molar-refractivity contribution < 1.29 is 27.6 Å². The molecule has 1 saturated carbocycles. The molecule has 0 unspecified atom stereocenters. The van der Waals surface area contributed by atoms with Gasteiger partial charge in [-0.3, -0.25) is 14.6 Å². The van der Waals surface area contributed by atoms with Crippen molar-refractivity contribution in [2.75, 3.05) is 19.0 Å². The van der Waals surface area contributed by atoms with Crippen LogP contribution in [0.2, 0.25) is 0 Å². The number of urea groups is 1. The van der Waals surface area contributed by atoms with Crippen LogP contribution in [0, 0.1) is 0 Å². The van der Waals surface area contributed by atoms with Crippen molar-refractivity contribution in [3.63, 3.8) is 0 Å². The first-order valence-electron chi connectivity index (χ1n) is 9.70. The molecule has 1 saturated heterocycles. The third-order valence-electron chi connectivity index (χ3n) is 5.47. The summed E-state index contributed by atoms with van der Waals surface area (Å²) in [7, 11) is 3.21. The highest BCUT2D eigenvalue weighted by atomic mass is 32.2. The third kappa shape index (κ3) is 3.92. The molecule has 2 heterocycles. The van der Waals surface area contributed by atoms with Gasteiger partial charge in [-0.15, -0.1) is 0 Å². The molecule has 1 aromatic carbocycles. The van der Waals surface area contributed by atoms with E-state index in [-0.39, 0.29) is 34.8 Å². The Labute approximate surface area is 186 Å². The molecule has 1 aromatic heterocycles. The smallest absolute Gasteiger partial charge is 0.345 e. The second kappa shape index (κ2) is 7.80. The largest absolute Gasteiger partial charge is 0.446 e. The summed E-state index contributed by atoms with van der Waals surface area (Å²) in [4.78, 5) is 46.7. The van der Waals surface area contributed by atoms with Crippen LogP contribution in [0.1, 0.15) is 28.8 Å². The number of nitrogens with zero attached hydrogens (tertiary/aromatic N) is 4. The summed E-state index contributed by atoms with van der Waals surface area (Å²) in [5.41, 5.74) is -4.31. The Bertz CT molecular complexity index is 1080. The number of imide groups is 1. The Morgan fingerprint density at radius 1 is 1.16 bits per heavy atom. The molecule has 1 spiro atoms. The molecule has 4 rings (SSSR count). The van der Waals surface area contributed by atoms with E-state index in [4.69, 9.17) is 0 Å². The number of halogens is 3. The van der Waals surface area contributed by atoms with E-state index < -0.39 is 23.0 Å². The first-order chi connectivity index (χ1) is 15.0. The van der Waals surface area contributed by atoms with Gasteiger partial charge in [-0.25, -0.2) is 9.69 Å². The zero-order valence-corrected chi connectivity index (χ0v) is 18.0. The number of thioether (sulfide) groups is 1. The number of hydrogen-bond acceptors (Lipinski definition) is 5. The topological polar surface area (TPSA) is 73.8 Å². The highest BCUT2D eigenvalue weighted by Crippen LogP contribution is 2.50. The molecule has 0 bridgehead atoms. The number of carbonyl (C=O) groups excluding carboxylic acids is 3. The normalized spacial score (nSPS) is 17.3. The average Bonchev–Trinajstić information content (AvgIpc) is 3.50. The van der Waals surface area contributed by atoms with Crippen LogP contribution in [0.5, 0.6) is 0 Å². The van der Waals surface area contributed by atoms with Crippen molar-refractivity contribution in [3.05, 3.63) is 53.9 Å². The maximum Gasteiger partial charge on any atom is 0.446 e. The van der Waals surface area contributed by atoms with Crippen molar-refractivity contribution >= 4 is 35.3 Å². The molecule has 1 aliphatic carbocycles. The minimum atomic E-state index is -4.43. The number of amides is 4. The monoisotopic (exact) mass is 464 g/mol. The highest BCUT2D eigenvalue weighted by molar-refractivity contribution is 8.00. The maximum atomic E-state index is 13.2. The van der Waals surface area contributed by atoms with Gasteiger partial charge < -0.3 is 9.80 Å². The van der Waals surface area contributed by atoms with E-state index in [1.165, 1.54) is 46.5 Å². The van der Waals surface area contributed by atoms with Gasteiger partial charge in [0.1, 0.15) is 5.54 Å². The summed E-state index contributed by atoms with van der Waals surface area (Å²) < 4.78 is 37.7. The highest BCUT2D eigenvalue weighted by Gasteiger charge is 2.65. The SMILES string of the molecule is CN(C)C(=O)c1cnccc1CN1C(=O)N(c2ccc(SC(F)(F)F)cc2)C(=O)C12CC2. The molecular formula is C21H19F3N4O3S. The quantitative estimate of drug-likeness (QED) is 0.496. The summed E-state index contributed by atoms with van der Waals surface area (Å²) in [6.45, 7) is 0.0422. The average molecular weight is 464 g/mol. The van der Waals surface area contributed by atoms with Crippen molar-refractivity contribution in [1.29, 1.82) is 0 Å². The van der Waals surface area contributed by atoms with Gasteiger partial charge in [-0.05, 0) is 60.5 Å². The molecule has 1 aliphatic heterocycles. The van der Waals surface area contributed by atoms with Crippen LogP contribution in [0.15, 0.2) is 47.6 Å². The fourth-order valence-electron chi connectivity index (χ4n) is 3.72. The van der Waals surface area contributed by atoms with Crippen LogP contribution in [-0.4, -0.2) is 57.8 Å². The van der Waals surface area contributed by atoms with E-state index in [9.17, 15) is 27.6 Å². The Morgan fingerprint density at radius 3 is 2.38 bits per heavy atom. The number of alkyl halides is 3. The van der Waals surface area contributed by atoms with Gasteiger partial charge in [0.2, 0.25) is 0 Å². The molecule has 2 fully saturated rings. The molecule has 4 amide bonds. The number of pyridine rings is 1. The van der Waals surface area contributed by atoms with Crippen LogP contribution >= 0.6 is 11.8 Å². The molecule has 0 N–H and O–H groups in total. The third-order valence-corrected chi connectivity index (χ3v) is 6.21. The van der Waals surface area contributed by atoms with Crippen molar-refractivity contribution in [2.24, 2.45) is 0 Å². The van der Waals surface area contributed by atoms with Gasteiger partial charge in [0.15, 0.2) is 0 Å². The standard InChI is InChI=1S/C21H19F3N4O3S/c1-26(2)17(29)16-11-25-10-7-13(16)12-27-19(31)28(18(30)20(27)8-9-20)14-3-5-15(6-4-14)32-21(22,23)24/h3-7,10-11H,8-9,12H2,1-2H3. The minimum Gasteiger partial charge on any atom is -0.345 e. The van der Waals surface area contributed by atoms with Crippen LogP contribution < -0.4 is 4.90 Å². The lowest BCUT2D eigenvalue weighted by molar-refractivity contribution is -0.120. The number of anilines is 1. The molecule has 168 valence electrons. The summed E-state index contributed by atoms with van der Waals surface area (Å²) in [5.74, 6) is -0.682. The molecule has 0 atom stereocenters. The van der Waals surface area contributed by atoms with Gasteiger partial charge >= 0.3 is 11.5 Å². The summed E-state index contributed by atoms with van der Waals surface area (Å²) in [5, 5.41) is 0. The van der Waals surface area contributed by atoms with Crippen molar-refractivity contribution in [3.8, 4) is 0 Å². The van der Waals surface area contributed by atoms with Crippen LogP contribution in [0.4, 0.5) is 23.7 Å². The molecule has 32 heavy (non-hydrogen) atoms. The second-order valence-electron chi connectivity index (χ2n) is 7.81. The Kier molecular flexibility index (Phi) is 5.40. The van der Waals surface area contributed by atoms with E-state index >= 15 is 0 Å². The first-order valence-corrected chi connectivity index (χ1v) is 10.5. The van der Waals surface area contributed by atoms with Gasteiger partial charge in [-0.2, -0.15) is 13.2 Å². The number of aromatic nitrogens is 1. The van der Waals surface area contributed by atoms with Gasteiger partial charge in [0.05, 0.1) is 11.3 Å². The lowest BCUT2D eigenvalue weighted by atomic mass is 10.1. The van der Waals surface area contributed by atoms with Gasteiger partial charge in [0, 0.05) is 37.9 Å². The van der Waals surface area contributed by atoms with E-state index in [2.05, 4.69) is 4.98 Å². The summed E-state index contributed by atoms with van der Waals surface area (Å²) in [6, 6.07) is 6.19. The Balaban J connectivity index is 1.62. The predicted molar refractivity (Wildman–Crippen MR) is 111 cm³/mol. The van der Waals surface area contributed by atoms with Crippen LogP contribution in [-0.2, 0) is 11.3 Å². The molecule has 0 radical (unpaired) electrons. The van der Waals surface area contributed by atoms with Crippen molar-refractivity contribution in [1.82, 2.24) is 14.8 Å². The Morgan fingerprint density at radius 2 is 1.81 bits per heavy atom. The van der Waals surface area contributed by atoms with Crippen LogP contribution in [0.25, 0.3) is 0 Å². The maximum absolute atomic E-state index is 13.2. The van der Waals surface area contributed by atoms with E-state index in [0.29, 0.717) is 24.0 Å². The lowest BCUT2D eigenvalue weighted by Gasteiger charge is -2.23. The van der Waals surface area contributed by atoms with Crippen molar-refractivity contribution in [2.45, 2.75) is 35.3 Å². The molecule has 11 heteroatoms. The van der Waals surface area contributed by atoms with Gasteiger partial charge in [-0.1, -0.05) is 0 Å². The van der Waals surface area contributed by atoms with E-state index in [1.54, 1.807) is 20.2 Å². The predicted octanol–water partition coefficient (Wildman–Crippen LogP) is 3.90.